The number of hydrogen-bond acceptors (Lipinski definition) is 4. The van der Waals surface area contributed by atoms with E-state index in [0.29, 0.717) is 11.6 Å². The second-order valence-electron chi connectivity index (χ2n) is 6.84. The SMILES string of the molecule is O=C1[C@H]2[C@H](C(=O)N1c1nn(Cc3ccccc3)cc1Cl)[C@H]1CC[C@H]2O1. The van der Waals surface area contributed by atoms with E-state index in [2.05, 4.69) is 5.10 Å². The molecule has 0 saturated carbocycles. The number of fused-ring (bicyclic) bond motifs is 5. The fourth-order valence-corrected chi connectivity index (χ4v) is 4.55. The zero-order valence-corrected chi connectivity index (χ0v) is 14.1. The topological polar surface area (TPSA) is 64.4 Å². The summed E-state index contributed by atoms with van der Waals surface area (Å²) in [5.41, 5.74) is 1.07. The number of carbonyl (C=O) groups is 2. The Hall–Kier alpha value is -2.18. The molecule has 6 nitrogen and oxygen atoms in total. The van der Waals surface area contributed by atoms with Crippen molar-refractivity contribution in [1.82, 2.24) is 9.78 Å². The molecular formula is C18H16ClN3O3. The molecule has 1 aromatic carbocycles. The van der Waals surface area contributed by atoms with Crippen LogP contribution in [0.25, 0.3) is 0 Å². The van der Waals surface area contributed by atoms with Crippen LogP contribution in [0.2, 0.25) is 5.02 Å². The molecule has 4 heterocycles. The number of rotatable bonds is 3. The summed E-state index contributed by atoms with van der Waals surface area (Å²) in [6.07, 6.45) is 3.07. The first-order valence-electron chi connectivity index (χ1n) is 8.43. The summed E-state index contributed by atoms with van der Waals surface area (Å²) in [4.78, 5) is 26.8. The lowest BCUT2D eigenvalue weighted by Gasteiger charge is -2.15. The molecule has 3 fully saturated rings. The van der Waals surface area contributed by atoms with Gasteiger partial charge in [-0.25, -0.2) is 4.90 Å². The maximum atomic E-state index is 12.8. The molecule has 0 unspecified atom stereocenters. The third-order valence-electron chi connectivity index (χ3n) is 5.38. The van der Waals surface area contributed by atoms with E-state index in [4.69, 9.17) is 16.3 Å². The van der Waals surface area contributed by atoms with Crippen LogP contribution in [0, 0.1) is 11.8 Å². The van der Waals surface area contributed by atoms with E-state index in [9.17, 15) is 9.59 Å². The van der Waals surface area contributed by atoms with Crippen molar-refractivity contribution in [3.63, 3.8) is 0 Å². The van der Waals surface area contributed by atoms with Gasteiger partial charge in [0.05, 0.1) is 30.6 Å². The number of hydrogen-bond donors (Lipinski definition) is 0. The number of halogens is 1. The van der Waals surface area contributed by atoms with Crippen molar-refractivity contribution < 1.29 is 14.3 Å². The number of amides is 2. The molecule has 3 aliphatic rings. The van der Waals surface area contributed by atoms with Crippen molar-refractivity contribution in [1.29, 1.82) is 0 Å². The Labute approximate surface area is 149 Å². The average Bonchev–Trinajstić information content (AvgIpc) is 3.34. The molecule has 0 radical (unpaired) electrons. The smallest absolute Gasteiger partial charge is 0.241 e. The second-order valence-corrected chi connectivity index (χ2v) is 7.24. The molecule has 2 aromatic rings. The zero-order valence-electron chi connectivity index (χ0n) is 13.3. The first-order chi connectivity index (χ1) is 12.1. The Kier molecular flexibility index (Phi) is 3.27. The van der Waals surface area contributed by atoms with Gasteiger partial charge in [-0.1, -0.05) is 41.9 Å². The fraction of sp³-hybridized carbons (Fsp3) is 0.389. The molecule has 0 spiro atoms. The Bertz CT molecular complexity index is 838. The minimum Gasteiger partial charge on any atom is -0.373 e. The number of imide groups is 1. The van der Waals surface area contributed by atoms with Gasteiger partial charge in [0.25, 0.3) is 0 Å². The summed E-state index contributed by atoms with van der Waals surface area (Å²) >= 11 is 6.31. The second kappa shape index (κ2) is 5.41. The first-order valence-corrected chi connectivity index (χ1v) is 8.81. The van der Waals surface area contributed by atoms with E-state index in [0.717, 1.165) is 18.4 Å². The Balaban J connectivity index is 1.46. The highest BCUT2D eigenvalue weighted by atomic mass is 35.5. The maximum Gasteiger partial charge on any atom is 0.241 e. The van der Waals surface area contributed by atoms with Gasteiger partial charge in [0.2, 0.25) is 11.8 Å². The van der Waals surface area contributed by atoms with Crippen molar-refractivity contribution in [2.45, 2.75) is 31.6 Å². The third-order valence-corrected chi connectivity index (χ3v) is 5.65. The molecule has 0 N–H and O–H groups in total. The molecule has 128 valence electrons. The number of anilines is 1. The average molecular weight is 358 g/mol. The summed E-state index contributed by atoms with van der Waals surface area (Å²) < 4.78 is 7.41. The van der Waals surface area contributed by atoms with Gasteiger partial charge < -0.3 is 4.74 Å². The number of benzene rings is 1. The van der Waals surface area contributed by atoms with E-state index in [1.165, 1.54) is 4.90 Å². The molecule has 5 rings (SSSR count). The van der Waals surface area contributed by atoms with Crippen LogP contribution in [0.1, 0.15) is 18.4 Å². The van der Waals surface area contributed by atoms with Gasteiger partial charge in [-0.05, 0) is 18.4 Å². The number of aromatic nitrogens is 2. The quantitative estimate of drug-likeness (QED) is 0.790. The largest absolute Gasteiger partial charge is 0.373 e. The van der Waals surface area contributed by atoms with Gasteiger partial charge in [0.15, 0.2) is 5.82 Å². The van der Waals surface area contributed by atoms with E-state index >= 15 is 0 Å². The maximum absolute atomic E-state index is 12.8. The lowest BCUT2D eigenvalue weighted by atomic mass is 9.81. The summed E-state index contributed by atoms with van der Waals surface area (Å²) in [7, 11) is 0. The van der Waals surface area contributed by atoms with Crippen molar-refractivity contribution in [3.8, 4) is 0 Å². The molecule has 4 atom stereocenters. The Morgan fingerprint density at radius 2 is 1.72 bits per heavy atom. The van der Waals surface area contributed by atoms with Gasteiger partial charge in [-0.3, -0.25) is 14.3 Å². The van der Waals surface area contributed by atoms with Crippen LogP contribution in [0.15, 0.2) is 36.5 Å². The standard InChI is InChI=1S/C18H16ClN3O3/c19-11-9-21(8-10-4-2-1-3-5-10)20-16(11)22-17(23)14-12-6-7-13(25-12)15(14)18(22)24/h1-5,9,12-15H,6-8H2/t12-,13-,14-,15-/m1/s1. The predicted molar refractivity (Wildman–Crippen MR) is 90.1 cm³/mol. The number of nitrogens with zero attached hydrogens (tertiary/aromatic N) is 3. The minimum atomic E-state index is -0.374. The van der Waals surface area contributed by atoms with E-state index in [-0.39, 0.29) is 41.7 Å². The summed E-state index contributed by atoms with van der Waals surface area (Å²) in [5, 5.41) is 4.72. The van der Waals surface area contributed by atoms with Gasteiger partial charge in [-0.2, -0.15) is 5.10 Å². The Morgan fingerprint density at radius 3 is 2.36 bits per heavy atom. The van der Waals surface area contributed by atoms with Gasteiger partial charge in [0.1, 0.15) is 5.02 Å². The lowest BCUT2D eigenvalue weighted by Crippen LogP contribution is -2.34. The zero-order chi connectivity index (χ0) is 17.1. The van der Waals surface area contributed by atoms with Crippen molar-refractivity contribution in [2.75, 3.05) is 4.90 Å². The summed E-state index contributed by atoms with van der Waals surface area (Å²) in [5.74, 6) is -0.965. The number of ether oxygens (including phenoxy) is 1. The molecule has 2 amide bonds. The monoisotopic (exact) mass is 357 g/mol. The van der Waals surface area contributed by atoms with Crippen LogP contribution in [-0.4, -0.2) is 33.8 Å². The van der Waals surface area contributed by atoms with Gasteiger partial charge in [-0.15, -0.1) is 0 Å². The van der Waals surface area contributed by atoms with E-state index in [1.54, 1.807) is 10.9 Å². The normalized spacial score (nSPS) is 30.4. The van der Waals surface area contributed by atoms with Crippen LogP contribution in [0.5, 0.6) is 0 Å². The summed E-state index contributed by atoms with van der Waals surface area (Å²) in [6, 6.07) is 9.82. The van der Waals surface area contributed by atoms with Crippen molar-refractivity contribution in [2.24, 2.45) is 11.8 Å². The molecule has 2 bridgehead atoms. The van der Waals surface area contributed by atoms with Crippen LogP contribution in [0.4, 0.5) is 5.82 Å². The van der Waals surface area contributed by atoms with Crippen LogP contribution < -0.4 is 4.90 Å². The first kappa shape index (κ1) is 15.1. The van der Waals surface area contributed by atoms with E-state index < -0.39 is 0 Å². The molecule has 3 aliphatic heterocycles. The Morgan fingerprint density at radius 1 is 1.08 bits per heavy atom. The minimum absolute atomic E-state index is 0.137. The third kappa shape index (κ3) is 2.17. The molecule has 7 heteroatoms. The van der Waals surface area contributed by atoms with Gasteiger partial charge >= 0.3 is 0 Å². The molecular weight excluding hydrogens is 342 g/mol. The highest BCUT2D eigenvalue weighted by Gasteiger charge is 2.63. The van der Waals surface area contributed by atoms with Crippen LogP contribution in [0.3, 0.4) is 0 Å². The highest BCUT2D eigenvalue weighted by molar-refractivity contribution is 6.35. The van der Waals surface area contributed by atoms with E-state index in [1.807, 2.05) is 30.3 Å². The summed E-state index contributed by atoms with van der Waals surface area (Å²) in [6.45, 7) is 0.526. The highest BCUT2D eigenvalue weighted by Crippen LogP contribution is 2.49. The van der Waals surface area contributed by atoms with Crippen molar-refractivity contribution in [3.05, 3.63) is 47.1 Å². The molecule has 25 heavy (non-hydrogen) atoms. The predicted octanol–water partition coefficient (Wildman–Crippen LogP) is 2.25. The molecule has 0 aliphatic carbocycles. The molecule has 1 aromatic heterocycles. The van der Waals surface area contributed by atoms with Crippen LogP contribution in [-0.2, 0) is 20.9 Å². The number of carbonyl (C=O) groups excluding carboxylic acids is 2. The fourth-order valence-electron chi connectivity index (χ4n) is 4.31. The molecule has 3 saturated heterocycles. The van der Waals surface area contributed by atoms with Crippen LogP contribution >= 0.6 is 11.6 Å². The van der Waals surface area contributed by atoms with Crippen molar-refractivity contribution >= 4 is 29.2 Å². The lowest BCUT2D eigenvalue weighted by molar-refractivity contribution is -0.124. The van der Waals surface area contributed by atoms with Gasteiger partial charge in [0, 0.05) is 6.20 Å².